The molecule has 2 heterocycles. The average molecular weight is 487 g/mol. The summed E-state index contributed by atoms with van der Waals surface area (Å²) in [5, 5.41) is 5.25. The monoisotopic (exact) mass is 487 g/mol. The van der Waals surface area contributed by atoms with Crippen LogP contribution in [0.4, 0.5) is 18.0 Å². The second-order valence-corrected chi connectivity index (χ2v) is 7.97. The van der Waals surface area contributed by atoms with Gasteiger partial charge in [-0.05, 0) is 43.2 Å². The number of halogens is 3. The van der Waals surface area contributed by atoms with Crippen molar-refractivity contribution in [2.24, 2.45) is 0 Å². The zero-order chi connectivity index (χ0) is 25.1. The number of alkyl halides is 2. The Hall–Kier alpha value is -4.22. The van der Waals surface area contributed by atoms with E-state index in [1.165, 1.54) is 31.0 Å². The van der Waals surface area contributed by atoms with Crippen LogP contribution in [0.5, 0.6) is 17.2 Å². The molecule has 2 N–H and O–H groups in total. The first-order valence-corrected chi connectivity index (χ1v) is 10.5. The summed E-state index contributed by atoms with van der Waals surface area (Å²) in [4.78, 5) is 36.3. The molecule has 12 heteroatoms. The minimum Gasteiger partial charge on any atom is -0.455 e. The minimum atomic E-state index is -3.30. The molecule has 0 bridgehead atoms. The van der Waals surface area contributed by atoms with Crippen molar-refractivity contribution in [2.75, 3.05) is 0 Å². The molecule has 35 heavy (non-hydrogen) atoms. The Morgan fingerprint density at radius 3 is 2.46 bits per heavy atom. The highest BCUT2D eigenvalue weighted by molar-refractivity contribution is 5.93. The quantitative estimate of drug-likeness (QED) is 0.496. The number of hydrogen-bond acceptors (Lipinski definition) is 7. The fraction of sp³-hybridized carbons (Fsp3) is 0.261. The molecule has 0 atom stereocenters. The molecule has 1 aliphatic rings. The average Bonchev–Trinajstić information content (AvgIpc) is 3.60. The SMILES string of the molecule is CC(F)(F)c1cc(F)ccc1Oc1ccc(CNC(=O)C2(NC(=O)Oc3cncnc3)CC2)nc1. The maximum atomic E-state index is 13.8. The lowest BCUT2D eigenvalue weighted by molar-refractivity contribution is -0.124. The van der Waals surface area contributed by atoms with Crippen LogP contribution in [-0.4, -0.2) is 32.5 Å². The van der Waals surface area contributed by atoms with E-state index in [0.29, 0.717) is 25.5 Å². The largest absolute Gasteiger partial charge is 0.455 e. The first-order chi connectivity index (χ1) is 16.6. The van der Waals surface area contributed by atoms with Gasteiger partial charge in [0.2, 0.25) is 5.91 Å². The zero-order valence-electron chi connectivity index (χ0n) is 18.4. The normalized spacial score (nSPS) is 14.1. The molecule has 2 amide bonds. The topological polar surface area (TPSA) is 115 Å². The molecule has 0 spiro atoms. The number of carbonyl (C=O) groups excluding carboxylic acids is 2. The summed E-state index contributed by atoms with van der Waals surface area (Å²) in [6.07, 6.45) is 5.31. The van der Waals surface area contributed by atoms with Crippen LogP contribution in [0.1, 0.15) is 31.0 Å². The Balaban J connectivity index is 1.32. The number of carbonyl (C=O) groups is 2. The number of nitrogens with one attached hydrogen (secondary N) is 2. The van der Waals surface area contributed by atoms with Crippen LogP contribution in [0.25, 0.3) is 0 Å². The summed E-state index contributed by atoms with van der Waals surface area (Å²) in [6, 6.07) is 5.89. The van der Waals surface area contributed by atoms with Gasteiger partial charge in [0.15, 0.2) is 5.75 Å². The predicted octanol–water partition coefficient (Wildman–Crippen LogP) is 3.85. The van der Waals surface area contributed by atoms with Crippen LogP contribution in [0.2, 0.25) is 0 Å². The number of pyridine rings is 1. The van der Waals surface area contributed by atoms with E-state index in [1.54, 1.807) is 6.07 Å². The minimum absolute atomic E-state index is 0.0545. The van der Waals surface area contributed by atoms with E-state index in [1.807, 2.05) is 0 Å². The molecule has 182 valence electrons. The van der Waals surface area contributed by atoms with Crippen LogP contribution in [0, 0.1) is 5.82 Å². The van der Waals surface area contributed by atoms with Crippen molar-refractivity contribution in [2.45, 2.75) is 37.8 Å². The van der Waals surface area contributed by atoms with E-state index in [4.69, 9.17) is 9.47 Å². The van der Waals surface area contributed by atoms with Gasteiger partial charge >= 0.3 is 6.09 Å². The van der Waals surface area contributed by atoms with Crippen molar-refractivity contribution in [1.29, 1.82) is 0 Å². The molecular weight excluding hydrogens is 467 g/mol. The third-order valence-corrected chi connectivity index (χ3v) is 5.14. The lowest BCUT2D eigenvalue weighted by atomic mass is 10.1. The number of amides is 2. The van der Waals surface area contributed by atoms with E-state index in [-0.39, 0.29) is 23.8 Å². The lowest BCUT2D eigenvalue weighted by Crippen LogP contribution is -2.49. The van der Waals surface area contributed by atoms with Crippen LogP contribution in [0.3, 0.4) is 0 Å². The van der Waals surface area contributed by atoms with Gasteiger partial charge in [-0.1, -0.05) is 0 Å². The Kier molecular flexibility index (Phi) is 6.54. The molecule has 1 aliphatic carbocycles. The van der Waals surface area contributed by atoms with Crippen LogP contribution < -0.4 is 20.1 Å². The van der Waals surface area contributed by atoms with E-state index >= 15 is 0 Å². The maximum absolute atomic E-state index is 13.8. The first kappa shape index (κ1) is 23.9. The zero-order valence-corrected chi connectivity index (χ0v) is 18.4. The molecule has 0 aliphatic heterocycles. The number of nitrogens with zero attached hydrogens (tertiary/aromatic N) is 3. The first-order valence-electron chi connectivity index (χ1n) is 10.5. The number of ether oxygens (including phenoxy) is 2. The molecule has 0 unspecified atom stereocenters. The van der Waals surface area contributed by atoms with E-state index < -0.39 is 34.8 Å². The predicted molar refractivity (Wildman–Crippen MR) is 115 cm³/mol. The fourth-order valence-electron chi connectivity index (χ4n) is 3.18. The summed E-state index contributed by atoms with van der Waals surface area (Å²) in [6.45, 7) is 0.703. The Morgan fingerprint density at radius 1 is 1.09 bits per heavy atom. The van der Waals surface area contributed by atoms with Crippen molar-refractivity contribution in [3.63, 3.8) is 0 Å². The van der Waals surface area contributed by atoms with Gasteiger partial charge in [0.1, 0.15) is 29.2 Å². The molecule has 3 aromatic rings. The van der Waals surface area contributed by atoms with Crippen LogP contribution in [0.15, 0.2) is 55.2 Å². The molecule has 0 saturated heterocycles. The van der Waals surface area contributed by atoms with Crippen molar-refractivity contribution >= 4 is 12.0 Å². The molecule has 1 aromatic carbocycles. The smallest absolute Gasteiger partial charge is 0.413 e. The van der Waals surface area contributed by atoms with E-state index in [0.717, 1.165) is 18.2 Å². The molecule has 1 saturated carbocycles. The van der Waals surface area contributed by atoms with Gasteiger partial charge < -0.3 is 20.1 Å². The van der Waals surface area contributed by atoms with Gasteiger partial charge in [-0.25, -0.2) is 27.9 Å². The summed E-state index contributed by atoms with van der Waals surface area (Å²) in [7, 11) is 0. The lowest BCUT2D eigenvalue weighted by Gasteiger charge is -2.17. The molecule has 1 fully saturated rings. The van der Waals surface area contributed by atoms with Gasteiger partial charge in [-0.15, -0.1) is 0 Å². The summed E-state index contributed by atoms with van der Waals surface area (Å²) < 4.78 is 51.5. The summed E-state index contributed by atoms with van der Waals surface area (Å²) in [5.41, 5.74) is -1.19. The van der Waals surface area contributed by atoms with Gasteiger partial charge in [-0.3, -0.25) is 9.78 Å². The Labute approximate surface area is 197 Å². The third-order valence-electron chi connectivity index (χ3n) is 5.14. The Morgan fingerprint density at radius 2 is 1.83 bits per heavy atom. The standard InChI is InChI=1S/C23H20F3N5O4/c1-22(25,26)18-8-14(24)2-5-19(18)34-16-4-3-15(29-12-16)9-30-20(32)23(6-7-23)31-21(33)35-17-10-27-13-28-11-17/h2-5,8,10-13H,6-7,9H2,1H3,(H,30,32)(H,31,33). The van der Waals surface area contributed by atoms with Crippen molar-refractivity contribution in [3.8, 4) is 17.2 Å². The molecule has 9 nitrogen and oxygen atoms in total. The molecule has 0 radical (unpaired) electrons. The van der Waals surface area contributed by atoms with Crippen molar-refractivity contribution < 1.29 is 32.2 Å². The summed E-state index contributed by atoms with van der Waals surface area (Å²) in [5.74, 6) is -4.40. The number of benzene rings is 1. The summed E-state index contributed by atoms with van der Waals surface area (Å²) >= 11 is 0. The highest BCUT2D eigenvalue weighted by Crippen LogP contribution is 2.37. The Bertz CT molecular complexity index is 1220. The fourth-order valence-corrected chi connectivity index (χ4v) is 3.18. The number of hydrogen-bond donors (Lipinski definition) is 2. The third kappa shape index (κ3) is 6.02. The molecular formula is C23H20F3N5O4. The van der Waals surface area contributed by atoms with Crippen molar-refractivity contribution in [1.82, 2.24) is 25.6 Å². The van der Waals surface area contributed by atoms with Gasteiger partial charge in [0.05, 0.1) is 36.4 Å². The van der Waals surface area contributed by atoms with E-state index in [2.05, 4.69) is 25.6 Å². The van der Waals surface area contributed by atoms with Crippen LogP contribution >= 0.6 is 0 Å². The van der Waals surface area contributed by atoms with Crippen molar-refractivity contribution in [3.05, 3.63) is 72.3 Å². The highest BCUT2D eigenvalue weighted by atomic mass is 19.3. The van der Waals surface area contributed by atoms with Crippen LogP contribution in [-0.2, 0) is 17.3 Å². The molecule has 2 aromatic heterocycles. The second kappa shape index (κ2) is 9.57. The number of rotatable bonds is 8. The van der Waals surface area contributed by atoms with Gasteiger partial charge in [-0.2, -0.15) is 0 Å². The molecule has 4 rings (SSSR count). The second-order valence-electron chi connectivity index (χ2n) is 7.97. The van der Waals surface area contributed by atoms with E-state index in [9.17, 15) is 22.8 Å². The highest BCUT2D eigenvalue weighted by Gasteiger charge is 2.51. The van der Waals surface area contributed by atoms with Gasteiger partial charge in [0.25, 0.3) is 5.92 Å². The maximum Gasteiger partial charge on any atom is 0.413 e. The number of aromatic nitrogens is 3. The van der Waals surface area contributed by atoms with Gasteiger partial charge in [0, 0.05) is 6.92 Å².